The molecule has 5 aromatic rings. The van der Waals surface area contributed by atoms with E-state index >= 15 is 0 Å². The van der Waals surface area contributed by atoms with Crippen LogP contribution < -0.4 is 5.32 Å². The van der Waals surface area contributed by atoms with Crippen LogP contribution in [0.2, 0.25) is 5.02 Å². The van der Waals surface area contributed by atoms with Crippen LogP contribution in [0, 0.1) is 0 Å². The SMILES string of the molecule is Cn1ccc(C[C@H](NC(=O)/C=C/c2cc(Cl)ccc2-n2cnnn2)c2ncc(-c3ccc4c(c3)C(C(=O)O)=CC(=O)C4)[nH]2)n1. The van der Waals surface area contributed by atoms with Crippen LogP contribution in [0.3, 0.4) is 0 Å². The fourth-order valence-electron chi connectivity index (χ4n) is 4.99. The number of ketones is 1. The number of imidazole rings is 1. The summed E-state index contributed by atoms with van der Waals surface area (Å²) >= 11 is 6.21. The van der Waals surface area contributed by atoms with E-state index in [1.165, 1.54) is 17.1 Å². The van der Waals surface area contributed by atoms with Crippen LogP contribution in [-0.4, -0.2) is 62.7 Å². The summed E-state index contributed by atoms with van der Waals surface area (Å²) in [6, 6.07) is 11.7. The van der Waals surface area contributed by atoms with Crippen LogP contribution in [0.15, 0.2) is 73.3 Å². The number of allylic oxidation sites excluding steroid dienone is 1. The molecule has 1 amide bonds. The number of aromatic amines is 1. The van der Waals surface area contributed by atoms with Crippen molar-refractivity contribution >= 4 is 40.9 Å². The number of aliphatic carboxylic acids is 1. The monoisotopic (exact) mass is 609 g/mol. The Morgan fingerprint density at radius 2 is 2.07 bits per heavy atom. The number of benzene rings is 2. The zero-order chi connectivity index (χ0) is 30.8. The lowest BCUT2D eigenvalue weighted by Gasteiger charge is -2.16. The molecule has 0 radical (unpaired) electrons. The lowest BCUT2D eigenvalue weighted by molar-refractivity contribution is -0.130. The number of fused-ring (bicyclic) bond motifs is 1. The summed E-state index contributed by atoms with van der Waals surface area (Å²) in [5, 5.41) is 28.8. The minimum absolute atomic E-state index is 0.0483. The van der Waals surface area contributed by atoms with Crippen molar-refractivity contribution in [2.24, 2.45) is 7.05 Å². The Morgan fingerprint density at radius 3 is 2.82 bits per heavy atom. The van der Waals surface area contributed by atoms with Crippen molar-refractivity contribution in [2.45, 2.75) is 18.9 Å². The molecular weight excluding hydrogens is 586 g/mol. The van der Waals surface area contributed by atoms with Crippen molar-refractivity contribution in [2.75, 3.05) is 0 Å². The van der Waals surface area contributed by atoms with Crippen LogP contribution in [0.25, 0.3) is 28.6 Å². The molecule has 14 heteroatoms. The Morgan fingerprint density at radius 1 is 1.20 bits per heavy atom. The van der Waals surface area contributed by atoms with E-state index in [1.54, 1.807) is 53.4 Å². The highest BCUT2D eigenvalue weighted by molar-refractivity contribution is 6.30. The summed E-state index contributed by atoms with van der Waals surface area (Å²) < 4.78 is 3.14. The zero-order valence-electron chi connectivity index (χ0n) is 23.2. The number of hydrogen-bond acceptors (Lipinski definition) is 8. The first-order valence-electron chi connectivity index (χ1n) is 13.4. The third kappa shape index (κ3) is 6.08. The second-order valence-corrected chi connectivity index (χ2v) is 10.5. The number of nitrogens with one attached hydrogen (secondary N) is 2. The molecule has 0 fully saturated rings. The van der Waals surface area contributed by atoms with Gasteiger partial charge < -0.3 is 15.4 Å². The second kappa shape index (κ2) is 11.9. The maximum Gasteiger partial charge on any atom is 0.336 e. The number of carbonyl (C=O) groups is 3. The summed E-state index contributed by atoms with van der Waals surface area (Å²) in [5.74, 6) is -1.33. The molecule has 2 aromatic carbocycles. The van der Waals surface area contributed by atoms with Crippen molar-refractivity contribution in [3.8, 4) is 16.9 Å². The van der Waals surface area contributed by atoms with Gasteiger partial charge in [-0.2, -0.15) is 9.78 Å². The average Bonchev–Trinajstić information content (AvgIpc) is 3.78. The van der Waals surface area contributed by atoms with Crippen LogP contribution in [0.1, 0.15) is 34.3 Å². The number of halogens is 1. The number of rotatable bonds is 9. The molecule has 220 valence electrons. The number of aryl methyl sites for hydroxylation is 1. The first-order chi connectivity index (χ1) is 21.2. The minimum atomic E-state index is -1.17. The van der Waals surface area contributed by atoms with Crippen molar-refractivity contribution in [3.63, 3.8) is 0 Å². The van der Waals surface area contributed by atoms with Gasteiger partial charge in [-0.05, 0) is 64.0 Å². The molecule has 0 saturated heterocycles. The number of carbonyl (C=O) groups excluding carboxylic acids is 2. The third-order valence-electron chi connectivity index (χ3n) is 7.04. The molecule has 3 heterocycles. The second-order valence-electron chi connectivity index (χ2n) is 10.1. The highest BCUT2D eigenvalue weighted by Crippen LogP contribution is 2.30. The Balaban J connectivity index is 1.27. The third-order valence-corrected chi connectivity index (χ3v) is 7.27. The Bertz CT molecular complexity index is 1960. The maximum atomic E-state index is 13.2. The van der Waals surface area contributed by atoms with E-state index in [0.717, 1.165) is 11.8 Å². The molecule has 13 nitrogen and oxygen atoms in total. The van der Waals surface area contributed by atoms with Gasteiger partial charge in [-0.25, -0.2) is 9.78 Å². The quantitative estimate of drug-likeness (QED) is 0.212. The smallest absolute Gasteiger partial charge is 0.336 e. The first kappa shape index (κ1) is 28.4. The normalized spacial score (nSPS) is 13.5. The molecule has 6 rings (SSSR count). The van der Waals surface area contributed by atoms with E-state index in [2.05, 4.69) is 35.9 Å². The van der Waals surface area contributed by atoms with E-state index in [1.807, 2.05) is 19.3 Å². The number of carboxylic acids is 1. The molecule has 1 atom stereocenters. The summed E-state index contributed by atoms with van der Waals surface area (Å²) in [6.07, 6.45) is 9.53. The number of hydrogen-bond donors (Lipinski definition) is 3. The fourth-order valence-corrected chi connectivity index (χ4v) is 5.17. The van der Waals surface area contributed by atoms with E-state index < -0.39 is 12.0 Å². The number of carboxylic acid groups (broad SMARTS) is 1. The van der Waals surface area contributed by atoms with Gasteiger partial charge in [0, 0.05) is 48.3 Å². The van der Waals surface area contributed by atoms with Crippen LogP contribution in [-0.2, 0) is 34.3 Å². The van der Waals surface area contributed by atoms with Gasteiger partial charge in [-0.1, -0.05) is 23.7 Å². The molecule has 1 aliphatic carbocycles. The number of amides is 1. The largest absolute Gasteiger partial charge is 0.478 e. The first-order valence-corrected chi connectivity index (χ1v) is 13.8. The minimum Gasteiger partial charge on any atom is -0.478 e. The van der Waals surface area contributed by atoms with E-state index in [0.29, 0.717) is 50.9 Å². The number of tetrazole rings is 1. The van der Waals surface area contributed by atoms with Gasteiger partial charge in [0.1, 0.15) is 12.2 Å². The van der Waals surface area contributed by atoms with Crippen molar-refractivity contribution in [1.82, 2.24) is 45.3 Å². The van der Waals surface area contributed by atoms with Gasteiger partial charge in [0.2, 0.25) is 5.91 Å². The van der Waals surface area contributed by atoms with Crippen LogP contribution in [0.5, 0.6) is 0 Å². The van der Waals surface area contributed by atoms with Crippen molar-refractivity contribution < 1.29 is 19.5 Å². The van der Waals surface area contributed by atoms with E-state index in [-0.39, 0.29) is 23.7 Å². The standard InChI is InChI=1S/C30H24ClN9O4/c1-39-9-8-21(36-39)13-25(34-28(42)7-4-19-10-20(31)5-6-27(19)40-16-33-37-38-40)29-32-15-26(35-29)18-3-2-17-11-22(41)14-24(30(43)44)23(17)12-18/h2-10,12,14-16,25H,11,13H2,1H3,(H,32,35)(H,34,42)(H,43,44)/b7-4+/t25-/m0/s1. The molecule has 0 unspecified atom stereocenters. The Kier molecular flexibility index (Phi) is 7.69. The highest BCUT2D eigenvalue weighted by atomic mass is 35.5. The van der Waals surface area contributed by atoms with Crippen molar-refractivity contribution in [3.05, 3.63) is 107 Å². The van der Waals surface area contributed by atoms with Crippen LogP contribution >= 0.6 is 11.6 Å². The summed E-state index contributed by atoms with van der Waals surface area (Å²) in [6.45, 7) is 0. The molecule has 1 aliphatic rings. The van der Waals surface area contributed by atoms with E-state index in [4.69, 9.17) is 11.6 Å². The fraction of sp³-hybridized carbons (Fsp3) is 0.133. The predicted molar refractivity (Wildman–Crippen MR) is 159 cm³/mol. The van der Waals surface area contributed by atoms with Gasteiger partial charge in [-0.3, -0.25) is 14.3 Å². The maximum absolute atomic E-state index is 13.2. The lowest BCUT2D eigenvalue weighted by atomic mass is 9.88. The van der Waals surface area contributed by atoms with E-state index in [9.17, 15) is 19.5 Å². The van der Waals surface area contributed by atoms with Gasteiger partial charge in [-0.15, -0.1) is 5.10 Å². The van der Waals surface area contributed by atoms with Gasteiger partial charge in [0.15, 0.2) is 5.78 Å². The Labute approximate surface area is 254 Å². The van der Waals surface area contributed by atoms with Gasteiger partial charge >= 0.3 is 5.97 Å². The molecular formula is C30H24ClN9O4. The zero-order valence-corrected chi connectivity index (χ0v) is 23.9. The number of H-pyrrole nitrogens is 1. The number of nitrogens with zero attached hydrogens (tertiary/aromatic N) is 7. The molecule has 0 saturated carbocycles. The summed E-state index contributed by atoms with van der Waals surface area (Å²) in [5.41, 5.74) is 4.39. The molecule has 0 spiro atoms. The molecule has 3 aromatic heterocycles. The molecule has 3 N–H and O–H groups in total. The van der Waals surface area contributed by atoms with Crippen molar-refractivity contribution in [1.29, 1.82) is 0 Å². The molecule has 44 heavy (non-hydrogen) atoms. The summed E-state index contributed by atoms with van der Waals surface area (Å²) in [7, 11) is 1.81. The molecule has 0 bridgehead atoms. The highest BCUT2D eigenvalue weighted by Gasteiger charge is 2.24. The summed E-state index contributed by atoms with van der Waals surface area (Å²) in [4.78, 5) is 44.8. The number of aromatic nitrogens is 8. The van der Waals surface area contributed by atoms with Crippen LogP contribution in [0.4, 0.5) is 0 Å². The Hall–Kier alpha value is -5.69. The van der Waals surface area contributed by atoms with Gasteiger partial charge in [0.25, 0.3) is 0 Å². The topological polar surface area (TPSA) is 174 Å². The van der Waals surface area contributed by atoms with Gasteiger partial charge in [0.05, 0.1) is 34.9 Å². The molecule has 0 aliphatic heterocycles. The lowest BCUT2D eigenvalue weighted by Crippen LogP contribution is -2.29. The average molecular weight is 610 g/mol. The predicted octanol–water partition coefficient (Wildman–Crippen LogP) is 3.15.